The zero-order valence-electron chi connectivity index (χ0n) is 16.2. The first-order valence-corrected chi connectivity index (χ1v) is 10.3. The minimum atomic E-state index is -0.535. The van der Waals surface area contributed by atoms with Crippen LogP contribution < -0.4 is 5.32 Å². The van der Waals surface area contributed by atoms with Gasteiger partial charge in [-0.2, -0.15) is 0 Å². The molecule has 1 aliphatic heterocycles. The van der Waals surface area contributed by atoms with Gasteiger partial charge in [-0.05, 0) is 38.5 Å². The van der Waals surface area contributed by atoms with E-state index in [-0.39, 0.29) is 12.3 Å². The van der Waals surface area contributed by atoms with E-state index in [1.54, 1.807) is 11.3 Å². The number of aromatic nitrogens is 3. The average molecular weight is 430 g/mol. The Morgan fingerprint density at radius 3 is 2.66 bits per heavy atom. The number of rotatable bonds is 4. The van der Waals surface area contributed by atoms with E-state index < -0.39 is 12.8 Å². The van der Waals surface area contributed by atoms with Crippen molar-refractivity contribution in [2.75, 3.05) is 6.73 Å². The predicted molar refractivity (Wildman–Crippen MR) is 113 cm³/mol. The molecular weight excluding hydrogens is 410 g/mol. The van der Waals surface area contributed by atoms with Crippen molar-refractivity contribution < 1.29 is 9.90 Å². The normalized spacial score (nSPS) is 15.3. The molecule has 1 aliphatic rings. The van der Waals surface area contributed by atoms with Crippen LogP contribution in [0.25, 0.3) is 5.00 Å². The Kier molecular flexibility index (Phi) is 5.24. The molecule has 1 atom stereocenters. The molecule has 2 N–H and O–H groups in total. The Hall–Kier alpha value is -2.55. The van der Waals surface area contributed by atoms with Crippen LogP contribution in [0.5, 0.6) is 0 Å². The number of carbonyl (C=O) groups excluding carboxylic acids is 1. The summed E-state index contributed by atoms with van der Waals surface area (Å²) in [4.78, 5) is 18.4. The van der Waals surface area contributed by atoms with E-state index in [1.807, 2.05) is 35.8 Å². The number of hydrogen-bond acceptors (Lipinski definition) is 6. The monoisotopic (exact) mass is 429 g/mol. The number of amides is 1. The Morgan fingerprint density at radius 2 is 1.97 bits per heavy atom. The van der Waals surface area contributed by atoms with Gasteiger partial charge in [0.1, 0.15) is 23.6 Å². The van der Waals surface area contributed by atoms with Gasteiger partial charge in [0.05, 0.1) is 12.1 Å². The van der Waals surface area contributed by atoms with Crippen LogP contribution in [0.15, 0.2) is 29.3 Å². The SMILES string of the molecule is Cc1sc2c(c1C)C(c1ccc(Cl)cc1)=N[C@@H](CC(=O)NCO)c1nnc(C)n1-2. The molecule has 0 bridgehead atoms. The number of carbonyl (C=O) groups is 1. The van der Waals surface area contributed by atoms with Gasteiger partial charge in [-0.25, -0.2) is 0 Å². The van der Waals surface area contributed by atoms with Gasteiger partial charge < -0.3 is 10.4 Å². The summed E-state index contributed by atoms with van der Waals surface area (Å²) in [7, 11) is 0. The van der Waals surface area contributed by atoms with Gasteiger partial charge in [-0.3, -0.25) is 14.4 Å². The number of benzene rings is 1. The Bertz CT molecular complexity index is 1120. The number of aliphatic hydroxyl groups is 1. The zero-order valence-corrected chi connectivity index (χ0v) is 17.8. The fourth-order valence-corrected chi connectivity index (χ4v) is 4.81. The molecule has 4 rings (SSSR count). The number of halogens is 1. The van der Waals surface area contributed by atoms with Crippen LogP contribution in [0, 0.1) is 20.8 Å². The van der Waals surface area contributed by atoms with E-state index in [0.29, 0.717) is 10.8 Å². The molecule has 0 saturated heterocycles. The molecule has 0 saturated carbocycles. The second-order valence-electron chi connectivity index (χ2n) is 6.87. The van der Waals surface area contributed by atoms with Crippen LogP contribution in [0.2, 0.25) is 5.02 Å². The predicted octanol–water partition coefficient (Wildman–Crippen LogP) is 3.26. The lowest BCUT2D eigenvalue weighted by atomic mass is 9.99. The second-order valence-corrected chi connectivity index (χ2v) is 8.51. The number of aryl methyl sites for hydroxylation is 2. The first kappa shape index (κ1) is 19.8. The number of hydrogen-bond donors (Lipinski definition) is 2. The number of nitrogens with one attached hydrogen (secondary N) is 1. The maximum absolute atomic E-state index is 12.2. The van der Waals surface area contributed by atoms with E-state index in [4.69, 9.17) is 21.7 Å². The van der Waals surface area contributed by atoms with E-state index in [2.05, 4.69) is 29.4 Å². The molecule has 7 nitrogen and oxygen atoms in total. The quantitative estimate of drug-likeness (QED) is 0.622. The smallest absolute Gasteiger partial charge is 0.224 e. The van der Waals surface area contributed by atoms with Crippen LogP contribution in [-0.2, 0) is 4.79 Å². The molecule has 0 spiro atoms. The van der Waals surface area contributed by atoms with Gasteiger partial charge in [-0.1, -0.05) is 23.7 Å². The Balaban J connectivity index is 1.96. The van der Waals surface area contributed by atoms with Crippen molar-refractivity contribution in [3.63, 3.8) is 0 Å². The molecule has 1 aromatic carbocycles. The highest BCUT2D eigenvalue weighted by molar-refractivity contribution is 7.15. The molecule has 0 radical (unpaired) electrons. The summed E-state index contributed by atoms with van der Waals surface area (Å²) in [5.41, 5.74) is 3.87. The molecular formula is C20H20ClN5O2S. The summed E-state index contributed by atoms with van der Waals surface area (Å²) in [6.45, 7) is 5.63. The summed E-state index contributed by atoms with van der Waals surface area (Å²) < 4.78 is 1.99. The average Bonchev–Trinajstić information content (AvgIpc) is 3.15. The lowest BCUT2D eigenvalue weighted by Gasteiger charge is -2.12. The van der Waals surface area contributed by atoms with Gasteiger partial charge in [0.15, 0.2) is 5.82 Å². The summed E-state index contributed by atoms with van der Waals surface area (Å²) >= 11 is 7.75. The fourth-order valence-electron chi connectivity index (χ4n) is 3.47. The number of aliphatic hydroxyl groups excluding tert-OH is 1. The number of nitrogens with zero attached hydrogens (tertiary/aromatic N) is 4. The maximum atomic E-state index is 12.2. The van der Waals surface area contributed by atoms with Crippen molar-refractivity contribution in [2.45, 2.75) is 33.2 Å². The highest BCUT2D eigenvalue weighted by atomic mass is 35.5. The molecule has 9 heteroatoms. The van der Waals surface area contributed by atoms with Gasteiger partial charge in [0.2, 0.25) is 5.91 Å². The summed E-state index contributed by atoms with van der Waals surface area (Å²) in [5.74, 6) is 1.05. The van der Waals surface area contributed by atoms with Crippen molar-refractivity contribution in [3.05, 3.63) is 62.5 Å². The highest BCUT2D eigenvalue weighted by Gasteiger charge is 2.32. The minimum absolute atomic E-state index is 0.0583. The fraction of sp³-hybridized carbons (Fsp3) is 0.300. The second kappa shape index (κ2) is 7.70. The van der Waals surface area contributed by atoms with E-state index in [9.17, 15) is 4.79 Å². The van der Waals surface area contributed by atoms with Gasteiger partial charge in [0.25, 0.3) is 0 Å². The highest BCUT2D eigenvalue weighted by Crippen LogP contribution is 2.39. The topological polar surface area (TPSA) is 92.4 Å². The third-order valence-electron chi connectivity index (χ3n) is 5.01. The Morgan fingerprint density at radius 1 is 1.24 bits per heavy atom. The van der Waals surface area contributed by atoms with Crippen LogP contribution in [0.1, 0.15) is 45.7 Å². The Labute approximate surface area is 177 Å². The third-order valence-corrected chi connectivity index (χ3v) is 6.46. The van der Waals surface area contributed by atoms with E-state index >= 15 is 0 Å². The van der Waals surface area contributed by atoms with Gasteiger partial charge in [-0.15, -0.1) is 21.5 Å². The van der Waals surface area contributed by atoms with Crippen molar-refractivity contribution in [3.8, 4) is 5.00 Å². The summed E-state index contributed by atoms with van der Waals surface area (Å²) in [6.07, 6.45) is 0.0583. The lowest BCUT2D eigenvalue weighted by molar-refractivity contribution is -0.122. The zero-order chi connectivity index (χ0) is 20.7. The van der Waals surface area contributed by atoms with E-state index in [0.717, 1.165) is 33.2 Å². The van der Waals surface area contributed by atoms with Gasteiger partial charge >= 0.3 is 0 Å². The van der Waals surface area contributed by atoms with Crippen molar-refractivity contribution >= 4 is 34.6 Å². The van der Waals surface area contributed by atoms with Crippen LogP contribution in [0.3, 0.4) is 0 Å². The molecule has 1 amide bonds. The molecule has 0 fully saturated rings. The molecule has 0 aliphatic carbocycles. The summed E-state index contributed by atoms with van der Waals surface area (Å²) in [5, 5.41) is 21.7. The largest absolute Gasteiger partial charge is 0.377 e. The third kappa shape index (κ3) is 3.48. The molecule has 0 unspecified atom stereocenters. The summed E-state index contributed by atoms with van der Waals surface area (Å²) in [6, 6.07) is 6.99. The number of aliphatic imine (C=N–C) groups is 1. The van der Waals surface area contributed by atoms with E-state index in [1.165, 1.54) is 4.88 Å². The van der Waals surface area contributed by atoms with Gasteiger partial charge in [0, 0.05) is 21.0 Å². The molecule has 150 valence electrons. The maximum Gasteiger partial charge on any atom is 0.224 e. The van der Waals surface area contributed by atoms with Crippen molar-refractivity contribution in [2.24, 2.45) is 4.99 Å². The lowest BCUT2D eigenvalue weighted by Crippen LogP contribution is -2.26. The first-order valence-electron chi connectivity index (χ1n) is 9.14. The molecule has 3 heterocycles. The van der Waals surface area contributed by atoms with Crippen LogP contribution in [-0.4, -0.2) is 38.2 Å². The van der Waals surface area contributed by atoms with Crippen molar-refractivity contribution in [1.82, 2.24) is 20.1 Å². The first-order chi connectivity index (χ1) is 13.9. The number of thiophene rings is 1. The minimum Gasteiger partial charge on any atom is -0.377 e. The van der Waals surface area contributed by atoms with Crippen LogP contribution in [0.4, 0.5) is 0 Å². The standard InChI is InChI=1S/C20H20ClN5O2S/c1-10-11(2)29-20-17(10)18(13-4-6-14(21)7-5-13)23-15(8-16(28)22-9-27)19-25-24-12(3)26(19)20/h4-7,15,27H,8-9H2,1-3H3,(H,22,28)/t15-/m0/s1. The van der Waals surface area contributed by atoms with Crippen molar-refractivity contribution in [1.29, 1.82) is 0 Å². The van der Waals surface area contributed by atoms with Crippen LogP contribution >= 0.6 is 22.9 Å². The molecule has 29 heavy (non-hydrogen) atoms. The molecule has 2 aromatic heterocycles. The molecule has 3 aromatic rings. The number of fused-ring (bicyclic) bond motifs is 3.